The van der Waals surface area contributed by atoms with Gasteiger partial charge >= 0.3 is 0 Å². The lowest BCUT2D eigenvalue weighted by Gasteiger charge is -2.12. The minimum Gasteiger partial charge on any atom is -0.359 e. The van der Waals surface area contributed by atoms with E-state index in [1.807, 2.05) is 12.1 Å². The van der Waals surface area contributed by atoms with E-state index in [0.29, 0.717) is 12.5 Å². The molecule has 170 valence electrons. The van der Waals surface area contributed by atoms with Gasteiger partial charge in [0.2, 0.25) is 0 Å². The molecule has 2 N–H and O–H groups in total. The van der Waals surface area contributed by atoms with Crippen molar-refractivity contribution in [3.8, 4) is 0 Å². The third-order valence-corrected chi connectivity index (χ3v) is 5.41. The first-order valence-corrected chi connectivity index (χ1v) is 11.1. The van der Waals surface area contributed by atoms with Gasteiger partial charge < -0.3 is 19.7 Å². The molecule has 31 heavy (non-hydrogen) atoms. The average molecular weight is 538 g/mol. The molecule has 0 spiro atoms. The average Bonchev–Trinajstić information content (AvgIpc) is 3.34. The first-order chi connectivity index (χ1) is 14.7. The minimum absolute atomic E-state index is 0. The number of aryl methyl sites for hydroxylation is 2. The standard InChI is InChI=1S/C23H34N6O.HI/c1-5-18(6-2)21-15-19(30-28-21)16-26-23(24-7-3)25-13-10-14-29-17(4)27-20-11-8-9-12-22(20)29;/h8-9,11-12,15,18H,5-7,10,13-14,16H2,1-4H3,(H2,24,25,26);1H. The van der Waals surface area contributed by atoms with Gasteiger partial charge in [-0.1, -0.05) is 31.1 Å². The Labute approximate surface area is 202 Å². The van der Waals surface area contributed by atoms with E-state index >= 15 is 0 Å². The van der Waals surface area contributed by atoms with Crippen LogP contribution in [0.4, 0.5) is 0 Å². The van der Waals surface area contributed by atoms with Crippen LogP contribution in [0.1, 0.15) is 63.2 Å². The summed E-state index contributed by atoms with van der Waals surface area (Å²) in [6, 6.07) is 10.3. The molecule has 0 unspecified atom stereocenters. The lowest BCUT2D eigenvalue weighted by molar-refractivity contribution is 0.372. The van der Waals surface area contributed by atoms with E-state index in [1.54, 1.807) is 0 Å². The molecule has 1 aromatic carbocycles. The molecular weight excluding hydrogens is 503 g/mol. The fourth-order valence-corrected chi connectivity index (χ4v) is 3.72. The third-order valence-electron chi connectivity index (χ3n) is 5.41. The van der Waals surface area contributed by atoms with Crippen molar-refractivity contribution in [1.82, 2.24) is 25.3 Å². The Morgan fingerprint density at radius 3 is 2.68 bits per heavy atom. The largest absolute Gasteiger partial charge is 0.359 e. The Bertz CT molecular complexity index is 960. The van der Waals surface area contributed by atoms with Crippen LogP contribution in [0.15, 0.2) is 39.8 Å². The van der Waals surface area contributed by atoms with E-state index in [1.165, 1.54) is 5.52 Å². The van der Waals surface area contributed by atoms with E-state index < -0.39 is 0 Å². The zero-order valence-corrected chi connectivity index (χ0v) is 21.3. The Morgan fingerprint density at radius 1 is 1.16 bits per heavy atom. The highest BCUT2D eigenvalue weighted by atomic mass is 127. The highest BCUT2D eigenvalue weighted by Gasteiger charge is 2.13. The number of nitrogens with zero attached hydrogens (tertiary/aromatic N) is 4. The summed E-state index contributed by atoms with van der Waals surface area (Å²) in [7, 11) is 0. The van der Waals surface area contributed by atoms with E-state index in [-0.39, 0.29) is 24.0 Å². The summed E-state index contributed by atoms with van der Waals surface area (Å²) in [5.41, 5.74) is 3.28. The van der Waals surface area contributed by atoms with Gasteiger partial charge in [0.25, 0.3) is 0 Å². The molecular formula is C23H35IN6O. The molecule has 0 bridgehead atoms. The predicted octanol–water partition coefficient (Wildman–Crippen LogP) is 5.00. The van der Waals surface area contributed by atoms with E-state index in [2.05, 4.69) is 76.2 Å². The molecule has 2 aromatic heterocycles. The molecule has 2 heterocycles. The van der Waals surface area contributed by atoms with Gasteiger partial charge in [-0.05, 0) is 45.2 Å². The molecule has 0 radical (unpaired) electrons. The lowest BCUT2D eigenvalue weighted by atomic mass is 9.99. The van der Waals surface area contributed by atoms with Gasteiger partial charge in [-0.2, -0.15) is 0 Å². The van der Waals surface area contributed by atoms with Crippen LogP contribution >= 0.6 is 24.0 Å². The number of hydrogen-bond donors (Lipinski definition) is 2. The summed E-state index contributed by atoms with van der Waals surface area (Å²) in [4.78, 5) is 9.29. The van der Waals surface area contributed by atoms with Crippen LogP contribution in [-0.4, -0.2) is 33.8 Å². The Kier molecular flexibility index (Phi) is 10.3. The summed E-state index contributed by atoms with van der Waals surface area (Å²) in [5, 5.41) is 10.9. The van der Waals surface area contributed by atoms with Crippen LogP contribution in [-0.2, 0) is 13.1 Å². The van der Waals surface area contributed by atoms with Crippen LogP contribution in [0.25, 0.3) is 11.0 Å². The Hall–Kier alpha value is -2.10. The number of halogens is 1. The van der Waals surface area contributed by atoms with Gasteiger partial charge in [-0.15, -0.1) is 24.0 Å². The number of aromatic nitrogens is 3. The first kappa shape index (κ1) is 25.2. The van der Waals surface area contributed by atoms with Crippen molar-refractivity contribution in [3.05, 3.63) is 47.6 Å². The molecule has 0 amide bonds. The molecule has 0 aliphatic rings. The quantitative estimate of drug-likeness (QED) is 0.164. The van der Waals surface area contributed by atoms with Gasteiger partial charge in [0.05, 0.1) is 16.7 Å². The number of nitrogens with one attached hydrogen (secondary N) is 2. The van der Waals surface area contributed by atoms with Gasteiger partial charge in [0, 0.05) is 31.6 Å². The van der Waals surface area contributed by atoms with Crippen molar-refractivity contribution >= 4 is 41.0 Å². The monoisotopic (exact) mass is 538 g/mol. The van der Waals surface area contributed by atoms with Crippen LogP contribution in [0.5, 0.6) is 0 Å². The Balaban J connectivity index is 0.00000341. The molecule has 7 nitrogen and oxygen atoms in total. The molecule has 0 saturated heterocycles. The zero-order valence-electron chi connectivity index (χ0n) is 19.0. The molecule has 0 fully saturated rings. The summed E-state index contributed by atoms with van der Waals surface area (Å²) in [6.07, 6.45) is 3.12. The summed E-state index contributed by atoms with van der Waals surface area (Å²) in [5.74, 6) is 3.11. The van der Waals surface area contributed by atoms with E-state index in [0.717, 1.165) is 67.7 Å². The van der Waals surface area contributed by atoms with Gasteiger partial charge in [-0.25, -0.2) is 9.98 Å². The van der Waals surface area contributed by atoms with E-state index in [9.17, 15) is 0 Å². The molecule has 8 heteroatoms. The van der Waals surface area contributed by atoms with Gasteiger partial charge in [0.1, 0.15) is 12.4 Å². The van der Waals surface area contributed by atoms with Crippen molar-refractivity contribution < 1.29 is 4.52 Å². The first-order valence-electron chi connectivity index (χ1n) is 11.1. The second kappa shape index (κ2) is 12.7. The fraction of sp³-hybridized carbons (Fsp3) is 0.522. The predicted molar refractivity (Wildman–Crippen MR) is 137 cm³/mol. The van der Waals surface area contributed by atoms with E-state index in [4.69, 9.17) is 4.52 Å². The van der Waals surface area contributed by atoms with Crippen LogP contribution in [0.3, 0.4) is 0 Å². The molecule has 3 aromatic rings. The molecule has 0 aliphatic heterocycles. The smallest absolute Gasteiger partial charge is 0.191 e. The zero-order chi connectivity index (χ0) is 21.3. The van der Waals surface area contributed by atoms with Gasteiger partial charge in [0.15, 0.2) is 11.7 Å². The summed E-state index contributed by atoms with van der Waals surface area (Å²) in [6.45, 7) is 11.5. The number of aliphatic imine (C=N–C) groups is 1. The van der Waals surface area contributed by atoms with Crippen molar-refractivity contribution in [1.29, 1.82) is 0 Å². The number of benzene rings is 1. The molecule has 3 rings (SSSR count). The number of hydrogen-bond acceptors (Lipinski definition) is 4. The Morgan fingerprint density at radius 2 is 1.94 bits per heavy atom. The number of fused-ring (bicyclic) bond motifs is 1. The second-order valence-electron chi connectivity index (χ2n) is 7.51. The van der Waals surface area contributed by atoms with Crippen LogP contribution < -0.4 is 10.6 Å². The maximum absolute atomic E-state index is 5.48. The summed E-state index contributed by atoms with van der Waals surface area (Å²) < 4.78 is 7.76. The fourth-order valence-electron chi connectivity index (χ4n) is 3.72. The van der Waals surface area contributed by atoms with Crippen molar-refractivity contribution in [3.63, 3.8) is 0 Å². The van der Waals surface area contributed by atoms with Crippen LogP contribution in [0, 0.1) is 6.92 Å². The van der Waals surface area contributed by atoms with Crippen molar-refractivity contribution in [2.75, 3.05) is 13.1 Å². The number of para-hydroxylation sites is 2. The second-order valence-corrected chi connectivity index (χ2v) is 7.51. The minimum atomic E-state index is 0. The van der Waals surface area contributed by atoms with Crippen molar-refractivity contribution in [2.45, 2.75) is 66.0 Å². The SMILES string of the molecule is CCNC(=NCc1cc(C(CC)CC)no1)NCCCn1c(C)nc2ccccc21.I. The topological polar surface area (TPSA) is 80.3 Å². The van der Waals surface area contributed by atoms with Crippen LogP contribution in [0.2, 0.25) is 0 Å². The number of imidazole rings is 1. The summed E-state index contributed by atoms with van der Waals surface area (Å²) >= 11 is 0. The lowest BCUT2D eigenvalue weighted by Crippen LogP contribution is -2.38. The normalized spacial score (nSPS) is 11.7. The number of rotatable bonds is 10. The highest BCUT2D eigenvalue weighted by Crippen LogP contribution is 2.22. The van der Waals surface area contributed by atoms with Gasteiger partial charge in [-0.3, -0.25) is 0 Å². The molecule has 0 aliphatic carbocycles. The molecule has 0 atom stereocenters. The maximum atomic E-state index is 5.48. The third kappa shape index (κ3) is 6.69. The maximum Gasteiger partial charge on any atom is 0.191 e. The number of guanidine groups is 1. The van der Waals surface area contributed by atoms with Crippen molar-refractivity contribution in [2.24, 2.45) is 4.99 Å². The molecule has 0 saturated carbocycles. The highest BCUT2D eigenvalue weighted by molar-refractivity contribution is 14.0.